The Labute approximate surface area is 210 Å². The number of rotatable bonds is 8. The van der Waals surface area contributed by atoms with Crippen molar-refractivity contribution in [3.8, 4) is 11.5 Å². The van der Waals surface area contributed by atoms with Crippen molar-refractivity contribution in [1.82, 2.24) is 10.6 Å². The Bertz CT molecular complexity index is 1230. The van der Waals surface area contributed by atoms with Crippen molar-refractivity contribution in [1.29, 1.82) is 0 Å². The van der Waals surface area contributed by atoms with E-state index in [1.54, 1.807) is 62.8 Å². The van der Waals surface area contributed by atoms with Crippen LogP contribution in [0.3, 0.4) is 0 Å². The standard InChI is InChI=1S/C27H27N3O4S/c1-18(20-9-5-4-6-10-20)28-26(32)21-11-7-8-12-22(21)29-27(35)30-25(31)16-14-19-13-15-23(33-2)24(17-19)34-3/h4-18H,1-3H3,(H,28,32)(H2,29,30,31,35). The van der Waals surface area contributed by atoms with E-state index in [1.165, 1.54) is 6.08 Å². The average Bonchev–Trinajstić information content (AvgIpc) is 2.87. The molecule has 0 radical (unpaired) electrons. The van der Waals surface area contributed by atoms with E-state index in [4.69, 9.17) is 21.7 Å². The molecule has 7 nitrogen and oxygen atoms in total. The van der Waals surface area contributed by atoms with Crippen molar-refractivity contribution in [3.05, 3.63) is 95.6 Å². The second-order valence-electron chi connectivity index (χ2n) is 7.54. The maximum absolute atomic E-state index is 12.9. The van der Waals surface area contributed by atoms with Crippen LogP contribution in [0.5, 0.6) is 11.5 Å². The van der Waals surface area contributed by atoms with E-state index in [2.05, 4.69) is 16.0 Å². The lowest BCUT2D eigenvalue weighted by Gasteiger charge is -2.17. The van der Waals surface area contributed by atoms with Crippen LogP contribution in [0.15, 0.2) is 78.9 Å². The highest BCUT2D eigenvalue weighted by molar-refractivity contribution is 7.80. The van der Waals surface area contributed by atoms with Gasteiger partial charge in [0.15, 0.2) is 16.6 Å². The molecule has 35 heavy (non-hydrogen) atoms. The van der Waals surface area contributed by atoms with Gasteiger partial charge >= 0.3 is 0 Å². The zero-order valence-electron chi connectivity index (χ0n) is 19.7. The summed E-state index contributed by atoms with van der Waals surface area (Å²) in [5.41, 5.74) is 2.65. The maximum Gasteiger partial charge on any atom is 0.253 e. The fourth-order valence-electron chi connectivity index (χ4n) is 3.33. The second kappa shape index (κ2) is 12.3. The first kappa shape index (κ1) is 25.5. The molecule has 0 aliphatic heterocycles. The summed E-state index contributed by atoms with van der Waals surface area (Å²) >= 11 is 5.28. The van der Waals surface area contributed by atoms with Crippen molar-refractivity contribution in [2.24, 2.45) is 0 Å². The van der Waals surface area contributed by atoms with Crippen LogP contribution in [0.4, 0.5) is 5.69 Å². The van der Waals surface area contributed by atoms with Crippen molar-refractivity contribution in [2.45, 2.75) is 13.0 Å². The van der Waals surface area contributed by atoms with Gasteiger partial charge in [-0.1, -0.05) is 48.5 Å². The van der Waals surface area contributed by atoms with E-state index in [0.717, 1.165) is 11.1 Å². The van der Waals surface area contributed by atoms with E-state index in [9.17, 15) is 9.59 Å². The number of hydrogen-bond acceptors (Lipinski definition) is 5. The van der Waals surface area contributed by atoms with Gasteiger partial charge in [0.2, 0.25) is 5.91 Å². The van der Waals surface area contributed by atoms with Crippen molar-refractivity contribution < 1.29 is 19.1 Å². The molecule has 0 bridgehead atoms. The lowest BCUT2D eigenvalue weighted by Crippen LogP contribution is -2.34. The van der Waals surface area contributed by atoms with Crippen molar-refractivity contribution >= 4 is 40.9 Å². The number of nitrogens with one attached hydrogen (secondary N) is 3. The minimum absolute atomic E-state index is 0.0725. The summed E-state index contributed by atoms with van der Waals surface area (Å²) in [6.07, 6.45) is 2.99. The van der Waals surface area contributed by atoms with E-state index in [-0.39, 0.29) is 17.1 Å². The largest absolute Gasteiger partial charge is 0.493 e. The molecule has 0 saturated carbocycles. The Hall–Kier alpha value is -4.17. The smallest absolute Gasteiger partial charge is 0.253 e. The molecule has 0 saturated heterocycles. The highest BCUT2D eigenvalue weighted by Crippen LogP contribution is 2.28. The van der Waals surface area contributed by atoms with Crippen molar-refractivity contribution in [3.63, 3.8) is 0 Å². The van der Waals surface area contributed by atoms with E-state index >= 15 is 0 Å². The fourth-order valence-corrected chi connectivity index (χ4v) is 3.54. The lowest BCUT2D eigenvalue weighted by molar-refractivity contribution is -0.115. The number of ether oxygens (including phenoxy) is 2. The number of benzene rings is 3. The molecule has 0 aliphatic carbocycles. The quantitative estimate of drug-likeness (QED) is 0.313. The van der Waals surface area contributed by atoms with Gasteiger partial charge in [-0.15, -0.1) is 0 Å². The Balaban J connectivity index is 1.61. The molecule has 3 aromatic rings. The number of methoxy groups -OCH3 is 2. The molecule has 2 amide bonds. The molecule has 0 aromatic heterocycles. The summed E-state index contributed by atoms with van der Waals surface area (Å²) in [6, 6.07) is 21.8. The normalized spacial score (nSPS) is 11.4. The molecule has 8 heteroatoms. The van der Waals surface area contributed by atoms with Gasteiger partial charge in [0.25, 0.3) is 5.91 Å². The molecule has 180 valence electrons. The Kier molecular flexibility index (Phi) is 8.97. The minimum Gasteiger partial charge on any atom is -0.493 e. The molecular weight excluding hydrogens is 462 g/mol. The van der Waals surface area contributed by atoms with Gasteiger partial charge < -0.3 is 20.1 Å². The first-order chi connectivity index (χ1) is 16.9. The van der Waals surface area contributed by atoms with Crippen LogP contribution in [0.25, 0.3) is 6.08 Å². The highest BCUT2D eigenvalue weighted by Gasteiger charge is 2.15. The fraction of sp³-hybridized carbons (Fsp3) is 0.148. The predicted octanol–water partition coefficient (Wildman–Crippen LogP) is 4.72. The summed E-state index contributed by atoms with van der Waals surface area (Å²) in [5, 5.41) is 8.58. The Morgan fingerprint density at radius 1 is 0.914 bits per heavy atom. The van der Waals surface area contributed by atoms with Gasteiger partial charge in [-0.05, 0) is 60.6 Å². The topological polar surface area (TPSA) is 88.7 Å². The Morgan fingerprint density at radius 3 is 2.31 bits per heavy atom. The van der Waals surface area contributed by atoms with Gasteiger partial charge in [0, 0.05) is 6.08 Å². The SMILES string of the molecule is COc1ccc(C=CC(=O)NC(=S)Nc2ccccc2C(=O)NC(C)c2ccccc2)cc1OC. The van der Waals surface area contributed by atoms with Crippen LogP contribution in [-0.4, -0.2) is 31.1 Å². The summed E-state index contributed by atoms with van der Waals surface area (Å²) < 4.78 is 10.5. The molecule has 0 fully saturated rings. The number of hydrogen-bond donors (Lipinski definition) is 3. The lowest BCUT2D eigenvalue weighted by atomic mass is 10.1. The van der Waals surface area contributed by atoms with E-state index < -0.39 is 5.91 Å². The number of carbonyl (C=O) groups is 2. The van der Waals surface area contributed by atoms with Crippen LogP contribution >= 0.6 is 12.2 Å². The summed E-state index contributed by atoms with van der Waals surface area (Å²) in [4.78, 5) is 25.3. The van der Waals surface area contributed by atoms with Gasteiger partial charge in [0.1, 0.15) is 0 Å². The number of amides is 2. The Morgan fingerprint density at radius 2 is 1.60 bits per heavy atom. The molecule has 3 rings (SSSR count). The molecular formula is C27H27N3O4S. The second-order valence-corrected chi connectivity index (χ2v) is 7.95. The molecule has 1 atom stereocenters. The number of carbonyl (C=O) groups excluding carboxylic acids is 2. The summed E-state index contributed by atoms with van der Waals surface area (Å²) in [7, 11) is 3.10. The van der Waals surface area contributed by atoms with Crippen LogP contribution < -0.4 is 25.4 Å². The monoisotopic (exact) mass is 489 g/mol. The van der Waals surface area contributed by atoms with E-state index in [1.807, 2.05) is 37.3 Å². The third-order valence-corrected chi connectivity index (χ3v) is 5.34. The van der Waals surface area contributed by atoms with Crippen LogP contribution in [0.2, 0.25) is 0 Å². The number of thiocarbonyl (C=S) groups is 1. The number of anilines is 1. The third-order valence-electron chi connectivity index (χ3n) is 5.14. The van der Waals surface area contributed by atoms with E-state index in [0.29, 0.717) is 22.7 Å². The molecule has 1 unspecified atom stereocenters. The highest BCUT2D eigenvalue weighted by atomic mass is 32.1. The molecule has 0 aliphatic rings. The van der Waals surface area contributed by atoms with Crippen molar-refractivity contribution in [2.75, 3.05) is 19.5 Å². The molecule has 3 N–H and O–H groups in total. The average molecular weight is 490 g/mol. The predicted molar refractivity (Wildman–Crippen MR) is 142 cm³/mol. The first-order valence-electron chi connectivity index (χ1n) is 10.9. The van der Waals surface area contributed by atoms with Gasteiger partial charge in [-0.3, -0.25) is 14.9 Å². The van der Waals surface area contributed by atoms with Gasteiger partial charge in [-0.25, -0.2) is 0 Å². The molecule has 3 aromatic carbocycles. The van der Waals surface area contributed by atoms with Gasteiger partial charge in [0.05, 0.1) is 31.5 Å². The molecule has 0 heterocycles. The minimum atomic E-state index is -0.420. The third kappa shape index (κ3) is 7.15. The number of para-hydroxylation sites is 1. The zero-order chi connectivity index (χ0) is 25.2. The first-order valence-corrected chi connectivity index (χ1v) is 11.3. The van der Waals surface area contributed by atoms with Crippen LogP contribution in [0, 0.1) is 0 Å². The van der Waals surface area contributed by atoms with Crippen LogP contribution in [-0.2, 0) is 4.79 Å². The maximum atomic E-state index is 12.9. The summed E-state index contributed by atoms with van der Waals surface area (Å²) in [5.74, 6) is 0.480. The zero-order valence-corrected chi connectivity index (χ0v) is 20.5. The molecule has 0 spiro atoms. The van der Waals surface area contributed by atoms with Gasteiger partial charge in [-0.2, -0.15) is 0 Å². The van der Waals surface area contributed by atoms with Crippen LogP contribution in [0.1, 0.15) is 34.5 Å². The summed E-state index contributed by atoms with van der Waals surface area (Å²) in [6.45, 7) is 1.92.